The molecule has 1 fully saturated rings. The number of ether oxygens (including phenoxy) is 2. The van der Waals surface area contributed by atoms with Crippen molar-refractivity contribution in [1.29, 1.82) is 0 Å². The Morgan fingerprint density at radius 2 is 1.77 bits per heavy atom. The number of aryl methyl sites for hydroxylation is 1. The molecule has 1 amide bonds. The Morgan fingerprint density at radius 3 is 2.42 bits per heavy atom. The fourth-order valence-electron chi connectivity index (χ4n) is 3.57. The Labute approximate surface area is 182 Å². The molecule has 170 valence electrons. The summed E-state index contributed by atoms with van der Waals surface area (Å²) in [6.45, 7) is 12.9. The van der Waals surface area contributed by atoms with Gasteiger partial charge in [-0.3, -0.25) is 9.58 Å². The van der Waals surface area contributed by atoms with Crippen LogP contribution >= 0.6 is 0 Å². The average molecular weight is 433 g/mol. The maximum Gasteiger partial charge on any atom is 0.410 e. The minimum atomic E-state index is -0.949. The van der Waals surface area contributed by atoms with E-state index < -0.39 is 11.6 Å². The molecule has 9 nitrogen and oxygen atoms in total. The number of amides is 1. The van der Waals surface area contributed by atoms with Crippen LogP contribution in [-0.2, 0) is 16.0 Å². The number of piperazine rings is 1. The van der Waals surface area contributed by atoms with Crippen LogP contribution in [0.15, 0.2) is 18.2 Å². The third-order valence-corrected chi connectivity index (χ3v) is 5.21. The molecule has 0 atom stereocenters. The maximum atomic E-state index is 12.1. The summed E-state index contributed by atoms with van der Waals surface area (Å²) in [6, 6.07) is 5.06. The second kappa shape index (κ2) is 9.65. The van der Waals surface area contributed by atoms with Gasteiger partial charge in [0.05, 0.1) is 36.5 Å². The molecule has 0 bridgehead atoms. The zero-order chi connectivity index (χ0) is 22.6. The van der Waals surface area contributed by atoms with Crippen LogP contribution in [0.3, 0.4) is 0 Å². The van der Waals surface area contributed by atoms with Gasteiger partial charge in [-0.25, -0.2) is 9.59 Å². The van der Waals surface area contributed by atoms with Gasteiger partial charge in [0.25, 0.3) is 0 Å². The lowest BCUT2D eigenvalue weighted by molar-refractivity contribution is 0.0114. The van der Waals surface area contributed by atoms with Crippen LogP contribution in [0.25, 0.3) is 10.9 Å². The van der Waals surface area contributed by atoms with Crippen LogP contribution < -0.4 is 0 Å². The van der Waals surface area contributed by atoms with E-state index in [1.54, 1.807) is 27.8 Å². The summed E-state index contributed by atoms with van der Waals surface area (Å²) in [6.07, 6.45) is -0.254. The van der Waals surface area contributed by atoms with E-state index in [0.717, 1.165) is 36.2 Å². The fourth-order valence-corrected chi connectivity index (χ4v) is 3.57. The first kappa shape index (κ1) is 23.0. The van der Waals surface area contributed by atoms with Gasteiger partial charge in [-0.2, -0.15) is 5.10 Å². The summed E-state index contributed by atoms with van der Waals surface area (Å²) < 4.78 is 13.0. The van der Waals surface area contributed by atoms with Crippen molar-refractivity contribution >= 4 is 23.0 Å². The summed E-state index contributed by atoms with van der Waals surface area (Å²) in [5.41, 5.74) is 1.45. The molecule has 2 heterocycles. The van der Waals surface area contributed by atoms with Crippen molar-refractivity contribution in [3.05, 3.63) is 29.5 Å². The van der Waals surface area contributed by atoms with Gasteiger partial charge in [0.2, 0.25) is 0 Å². The van der Waals surface area contributed by atoms with E-state index in [-0.39, 0.29) is 11.7 Å². The molecule has 0 radical (unpaired) electrons. The molecule has 31 heavy (non-hydrogen) atoms. The number of hydrogen-bond acceptors (Lipinski definition) is 6. The number of aromatic nitrogens is 2. The molecule has 1 aliphatic heterocycles. The minimum absolute atomic E-state index is 0.250. The number of nitrogens with zero attached hydrogens (tertiary/aromatic N) is 4. The molecule has 0 saturated carbocycles. The Morgan fingerprint density at radius 1 is 1.10 bits per heavy atom. The highest BCUT2D eigenvalue weighted by Gasteiger charge is 2.25. The van der Waals surface area contributed by atoms with Crippen LogP contribution in [0.1, 0.15) is 36.8 Å². The van der Waals surface area contributed by atoms with Crippen molar-refractivity contribution in [3.63, 3.8) is 0 Å². The van der Waals surface area contributed by atoms with Crippen molar-refractivity contribution < 1.29 is 24.2 Å². The average Bonchev–Trinajstić information content (AvgIpc) is 3.02. The molecule has 1 aromatic heterocycles. The van der Waals surface area contributed by atoms with Gasteiger partial charge >= 0.3 is 12.1 Å². The molecular weight excluding hydrogens is 400 g/mol. The summed E-state index contributed by atoms with van der Waals surface area (Å²) in [5.74, 6) is -0.949. The number of aromatic carboxylic acids is 1. The van der Waals surface area contributed by atoms with Gasteiger partial charge in [0, 0.05) is 38.1 Å². The molecule has 9 heteroatoms. The Hall–Kier alpha value is -2.65. The van der Waals surface area contributed by atoms with Gasteiger partial charge in [-0.05, 0) is 39.8 Å². The first-order valence-electron chi connectivity index (χ1n) is 10.6. The van der Waals surface area contributed by atoms with E-state index in [9.17, 15) is 14.7 Å². The second-order valence-electron chi connectivity index (χ2n) is 8.77. The number of rotatable bonds is 7. The standard InChI is InChI=1S/C22H32N4O5/c1-16-18-6-5-17(20(27)28)15-19(18)26(23-16)12-14-30-13-11-24-7-9-25(10-8-24)21(29)31-22(2,3)4/h5-6,15H,7-14H2,1-4H3,(H,27,28). The van der Waals surface area contributed by atoms with Gasteiger partial charge < -0.3 is 19.5 Å². The highest BCUT2D eigenvalue weighted by molar-refractivity contribution is 5.93. The van der Waals surface area contributed by atoms with E-state index >= 15 is 0 Å². The third kappa shape index (κ3) is 6.18. The van der Waals surface area contributed by atoms with Crippen molar-refractivity contribution in [2.45, 2.75) is 39.8 Å². The van der Waals surface area contributed by atoms with Gasteiger partial charge in [0.15, 0.2) is 0 Å². The summed E-state index contributed by atoms with van der Waals surface area (Å²) in [5, 5.41) is 14.7. The first-order valence-corrected chi connectivity index (χ1v) is 10.6. The Bertz CT molecular complexity index is 926. The third-order valence-electron chi connectivity index (χ3n) is 5.21. The highest BCUT2D eigenvalue weighted by atomic mass is 16.6. The molecule has 0 unspecified atom stereocenters. The number of hydrogen-bond donors (Lipinski definition) is 1. The Balaban J connectivity index is 1.40. The van der Waals surface area contributed by atoms with Crippen molar-refractivity contribution in [3.8, 4) is 0 Å². The number of carboxylic acid groups (broad SMARTS) is 1. The number of fused-ring (bicyclic) bond motifs is 1. The van der Waals surface area contributed by atoms with Crippen LogP contribution in [0.4, 0.5) is 4.79 Å². The minimum Gasteiger partial charge on any atom is -0.478 e. The van der Waals surface area contributed by atoms with Gasteiger partial charge in [0.1, 0.15) is 5.60 Å². The predicted molar refractivity (Wildman–Crippen MR) is 116 cm³/mol. The van der Waals surface area contributed by atoms with Crippen molar-refractivity contribution in [1.82, 2.24) is 19.6 Å². The molecule has 1 aliphatic rings. The van der Waals surface area contributed by atoms with E-state index in [0.29, 0.717) is 32.8 Å². The largest absolute Gasteiger partial charge is 0.478 e. The molecule has 1 aromatic carbocycles. The van der Waals surface area contributed by atoms with Crippen molar-refractivity contribution in [2.24, 2.45) is 0 Å². The SMILES string of the molecule is Cc1nn(CCOCCN2CCN(C(=O)OC(C)(C)C)CC2)c2cc(C(=O)O)ccc12. The zero-order valence-electron chi connectivity index (χ0n) is 18.8. The van der Waals surface area contributed by atoms with Gasteiger partial charge in [-0.1, -0.05) is 6.07 Å². The molecule has 1 saturated heterocycles. The number of carbonyl (C=O) groups excluding carboxylic acids is 1. The lowest BCUT2D eigenvalue weighted by Crippen LogP contribution is -2.50. The fraction of sp³-hybridized carbons (Fsp3) is 0.591. The first-order chi connectivity index (χ1) is 14.6. The lowest BCUT2D eigenvalue weighted by Gasteiger charge is -2.35. The van der Waals surface area contributed by atoms with E-state index in [2.05, 4.69) is 10.00 Å². The molecule has 2 aromatic rings. The number of carboxylic acids is 1. The van der Waals surface area contributed by atoms with Crippen molar-refractivity contribution in [2.75, 3.05) is 45.9 Å². The molecule has 3 rings (SSSR count). The molecule has 0 spiro atoms. The normalized spacial score (nSPS) is 15.4. The predicted octanol–water partition coefficient (Wildman–Crippen LogP) is 2.61. The summed E-state index contributed by atoms with van der Waals surface area (Å²) >= 11 is 0. The zero-order valence-corrected chi connectivity index (χ0v) is 18.8. The smallest absolute Gasteiger partial charge is 0.410 e. The van der Waals surface area contributed by atoms with Gasteiger partial charge in [-0.15, -0.1) is 0 Å². The van der Waals surface area contributed by atoms with Crippen LogP contribution in [0.5, 0.6) is 0 Å². The van der Waals surface area contributed by atoms with E-state index in [1.807, 2.05) is 27.7 Å². The topological polar surface area (TPSA) is 97.1 Å². The molecular formula is C22H32N4O5. The quantitative estimate of drug-likeness (QED) is 0.672. The van der Waals surface area contributed by atoms with Crippen LogP contribution in [0.2, 0.25) is 0 Å². The Kier molecular flexibility index (Phi) is 7.17. The van der Waals surface area contributed by atoms with E-state index in [4.69, 9.17) is 9.47 Å². The van der Waals surface area contributed by atoms with Crippen LogP contribution in [0, 0.1) is 6.92 Å². The highest BCUT2D eigenvalue weighted by Crippen LogP contribution is 2.20. The second-order valence-corrected chi connectivity index (χ2v) is 8.77. The monoisotopic (exact) mass is 432 g/mol. The summed E-state index contributed by atoms with van der Waals surface area (Å²) in [7, 11) is 0. The summed E-state index contributed by atoms with van der Waals surface area (Å²) in [4.78, 5) is 27.4. The van der Waals surface area contributed by atoms with E-state index in [1.165, 1.54) is 0 Å². The van der Waals surface area contributed by atoms with Crippen LogP contribution in [-0.4, -0.2) is 88.3 Å². The lowest BCUT2D eigenvalue weighted by atomic mass is 10.1. The molecule has 0 aliphatic carbocycles. The molecule has 1 N–H and O–H groups in total. The maximum absolute atomic E-state index is 12.1. The number of benzene rings is 1. The number of carbonyl (C=O) groups is 2.